The van der Waals surface area contributed by atoms with E-state index < -0.39 is 11.2 Å². The highest BCUT2D eigenvalue weighted by Gasteiger charge is 2.41. The van der Waals surface area contributed by atoms with Gasteiger partial charge in [-0.15, -0.1) is 12.6 Å². The standard InChI is InChI=1S/C27H34ClNO3S/c1-3-19(4-2)18-27(16-8-5-9-17-27)26(31)29-23-11-7-6-10-22(23)24(25(30)33)32-21-14-12-20(28)13-15-21/h6-7,10-15,19,24H,3-5,8-9,16-18H2,1-2H3,(H,29,31)(H,30,33)/t24-/m0/s1. The Bertz CT molecular complexity index is 937. The number of rotatable bonds is 10. The Labute approximate surface area is 207 Å². The number of hydrogen-bond acceptors (Lipinski definition) is 3. The molecule has 0 aliphatic heterocycles. The third-order valence-corrected chi connectivity index (χ3v) is 7.40. The third-order valence-electron chi connectivity index (χ3n) is 6.91. The van der Waals surface area contributed by atoms with Gasteiger partial charge in [0.05, 0.1) is 0 Å². The first-order chi connectivity index (χ1) is 15.9. The molecule has 0 heterocycles. The summed E-state index contributed by atoms with van der Waals surface area (Å²) in [5, 5.41) is 3.33. The van der Waals surface area contributed by atoms with E-state index >= 15 is 0 Å². The van der Waals surface area contributed by atoms with Crippen molar-refractivity contribution in [2.45, 2.75) is 71.3 Å². The fourth-order valence-corrected chi connectivity index (χ4v) is 5.19. The summed E-state index contributed by atoms with van der Waals surface area (Å²) in [6.45, 7) is 4.41. The molecule has 1 N–H and O–H groups in total. The molecule has 2 aromatic rings. The van der Waals surface area contributed by atoms with Crippen molar-refractivity contribution in [3.05, 3.63) is 59.1 Å². The summed E-state index contributed by atoms with van der Waals surface area (Å²) in [6, 6.07) is 14.1. The average Bonchev–Trinajstić information content (AvgIpc) is 2.83. The van der Waals surface area contributed by atoms with E-state index in [9.17, 15) is 9.59 Å². The van der Waals surface area contributed by atoms with Gasteiger partial charge in [-0.2, -0.15) is 0 Å². The molecule has 1 fully saturated rings. The van der Waals surface area contributed by atoms with Crippen molar-refractivity contribution in [3.63, 3.8) is 0 Å². The minimum absolute atomic E-state index is 0.0541. The monoisotopic (exact) mass is 487 g/mol. The maximum absolute atomic E-state index is 13.7. The van der Waals surface area contributed by atoms with Crippen LogP contribution in [0, 0.1) is 11.3 Å². The van der Waals surface area contributed by atoms with Gasteiger partial charge in [0.2, 0.25) is 11.0 Å². The van der Waals surface area contributed by atoms with Gasteiger partial charge in [0.25, 0.3) is 0 Å². The predicted molar refractivity (Wildman–Crippen MR) is 138 cm³/mol. The molecule has 1 aliphatic carbocycles. The van der Waals surface area contributed by atoms with Crippen LogP contribution in [0.3, 0.4) is 0 Å². The molecule has 1 aliphatic rings. The van der Waals surface area contributed by atoms with Gasteiger partial charge in [-0.3, -0.25) is 9.59 Å². The van der Waals surface area contributed by atoms with E-state index in [1.165, 1.54) is 6.42 Å². The van der Waals surface area contributed by atoms with E-state index in [1.807, 2.05) is 18.2 Å². The lowest BCUT2D eigenvalue weighted by Gasteiger charge is -2.38. The predicted octanol–water partition coefficient (Wildman–Crippen LogP) is 7.63. The van der Waals surface area contributed by atoms with Gasteiger partial charge < -0.3 is 10.1 Å². The molecule has 0 aromatic heterocycles. The lowest BCUT2D eigenvalue weighted by Crippen LogP contribution is -2.40. The largest absolute Gasteiger partial charge is 0.477 e. The zero-order valence-corrected chi connectivity index (χ0v) is 21.1. The molecule has 178 valence electrons. The Morgan fingerprint density at radius 1 is 1.03 bits per heavy atom. The fourth-order valence-electron chi connectivity index (χ4n) is 4.87. The summed E-state index contributed by atoms with van der Waals surface area (Å²) in [7, 11) is 0. The number of hydrogen-bond donors (Lipinski definition) is 2. The Morgan fingerprint density at radius 2 is 1.67 bits per heavy atom. The third kappa shape index (κ3) is 6.54. The highest BCUT2D eigenvalue weighted by Crippen LogP contribution is 2.44. The summed E-state index contributed by atoms with van der Waals surface area (Å²) < 4.78 is 5.97. The van der Waals surface area contributed by atoms with Crippen molar-refractivity contribution in [2.24, 2.45) is 11.3 Å². The maximum Gasteiger partial charge on any atom is 0.231 e. The molecule has 0 radical (unpaired) electrons. The molecular weight excluding hydrogens is 454 g/mol. The molecular formula is C27H34ClNO3S. The van der Waals surface area contributed by atoms with E-state index in [-0.39, 0.29) is 11.3 Å². The van der Waals surface area contributed by atoms with Crippen LogP contribution < -0.4 is 10.1 Å². The Morgan fingerprint density at radius 3 is 2.27 bits per heavy atom. The van der Waals surface area contributed by atoms with Crippen LogP contribution >= 0.6 is 24.2 Å². The van der Waals surface area contributed by atoms with Crippen molar-refractivity contribution in [1.29, 1.82) is 0 Å². The number of para-hydroxylation sites is 1. The summed E-state index contributed by atoms with van der Waals surface area (Å²) in [5.41, 5.74) is 0.826. The first-order valence-electron chi connectivity index (χ1n) is 11.9. The Kier molecular flexibility index (Phi) is 9.27. The molecule has 0 spiro atoms. The quantitative estimate of drug-likeness (QED) is 0.338. The van der Waals surface area contributed by atoms with Gasteiger partial charge in [-0.05, 0) is 55.5 Å². The molecule has 0 saturated heterocycles. The molecule has 0 unspecified atom stereocenters. The molecule has 1 atom stereocenters. The van der Waals surface area contributed by atoms with Crippen LogP contribution in [0.25, 0.3) is 0 Å². The van der Waals surface area contributed by atoms with Crippen LogP contribution in [0.2, 0.25) is 5.02 Å². The molecule has 1 amide bonds. The zero-order valence-electron chi connectivity index (χ0n) is 19.5. The number of carbonyl (C=O) groups excluding carboxylic acids is 2. The molecule has 4 nitrogen and oxygen atoms in total. The van der Waals surface area contributed by atoms with Gasteiger partial charge in [0.15, 0.2) is 6.10 Å². The van der Waals surface area contributed by atoms with E-state index in [0.717, 1.165) is 44.9 Å². The fraction of sp³-hybridized carbons (Fsp3) is 0.481. The molecule has 6 heteroatoms. The van der Waals surface area contributed by atoms with Crippen molar-refractivity contribution in [1.82, 2.24) is 0 Å². The zero-order chi connectivity index (χ0) is 23.8. The molecule has 3 rings (SSSR count). The number of thiol groups is 1. The average molecular weight is 488 g/mol. The molecule has 0 bridgehead atoms. The number of amides is 1. The molecule has 2 aromatic carbocycles. The lowest BCUT2D eigenvalue weighted by atomic mass is 9.67. The first-order valence-corrected chi connectivity index (χ1v) is 12.8. The number of carbonyl (C=O) groups is 2. The lowest BCUT2D eigenvalue weighted by molar-refractivity contribution is -0.128. The minimum atomic E-state index is -0.952. The van der Waals surface area contributed by atoms with Crippen molar-refractivity contribution in [2.75, 3.05) is 5.32 Å². The van der Waals surface area contributed by atoms with E-state index in [4.69, 9.17) is 16.3 Å². The second kappa shape index (κ2) is 11.9. The number of ether oxygens (including phenoxy) is 1. The van der Waals surface area contributed by atoms with Crippen molar-refractivity contribution >= 4 is 40.9 Å². The van der Waals surface area contributed by atoms with Gasteiger partial charge in [0.1, 0.15) is 5.75 Å². The SMILES string of the molecule is CCC(CC)CC1(C(=O)Nc2ccccc2[C@H](Oc2ccc(Cl)cc2)C(=O)S)CCCCC1. The van der Waals surface area contributed by atoms with E-state index in [1.54, 1.807) is 30.3 Å². The number of benzene rings is 2. The summed E-state index contributed by atoms with van der Waals surface area (Å²) >= 11 is 10.0. The van der Waals surface area contributed by atoms with Gasteiger partial charge >= 0.3 is 0 Å². The molecule has 1 saturated carbocycles. The number of halogens is 1. The van der Waals surface area contributed by atoms with Gasteiger partial charge in [0, 0.05) is 21.7 Å². The van der Waals surface area contributed by atoms with E-state index in [2.05, 4.69) is 31.8 Å². The normalized spacial score (nSPS) is 16.3. The van der Waals surface area contributed by atoms with Gasteiger partial charge in [-0.1, -0.05) is 75.8 Å². The smallest absolute Gasteiger partial charge is 0.231 e. The topological polar surface area (TPSA) is 55.4 Å². The second-order valence-electron chi connectivity index (χ2n) is 9.06. The summed E-state index contributed by atoms with van der Waals surface area (Å²) in [5.74, 6) is 1.09. The van der Waals surface area contributed by atoms with Gasteiger partial charge in [-0.25, -0.2) is 0 Å². The first kappa shape index (κ1) is 25.6. The van der Waals surface area contributed by atoms with Crippen molar-refractivity contribution in [3.8, 4) is 5.75 Å². The van der Waals surface area contributed by atoms with Crippen LogP contribution in [0.4, 0.5) is 5.69 Å². The second-order valence-corrected chi connectivity index (χ2v) is 9.94. The minimum Gasteiger partial charge on any atom is -0.477 e. The molecule has 33 heavy (non-hydrogen) atoms. The Balaban J connectivity index is 1.87. The van der Waals surface area contributed by atoms with E-state index in [0.29, 0.717) is 27.9 Å². The number of nitrogens with one attached hydrogen (secondary N) is 1. The Hall–Kier alpha value is -1.98. The summed E-state index contributed by atoms with van der Waals surface area (Å²) in [6.07, 6.45) is 7.26. The van der Waals surface area contributed by atoms with Crippen LogP contribution in [0.15, 0.2) is 48.5 Å². The van der Waals surface area contributed by atoms with Crippen LogP contribution in [0.1, 0.15) is 76.9 Å². The highest BCUT2D eigenvalue weighted by atomic mass is 35.5. The maximum atomic E-state index is 13.7. The van der Waals surface area contributed by atoms with Crippen LogP contribution in [0.5, 0.6) is 5.75 Å². The summed E-state index contributed by atoms with van der Waals surface area (Å²) in [4.78, 5) is 26.2. The van der Waals surface area contributed by atoms with Crippen LogP contribution in [-0.2, 0) is 9.59 Å². The highest BCUT2D eigenvalue weighted by molar-refractivity contribution is 7.96. The van der Waals surface area contributed by atoms with Crippen molar-refractivity contribution < 1.29 is 14.3 Å². The van der Waals surface area contributed by atoms with Crippen LogP contribution in [-0.4, -0.2) is 11.0 Å². The number of anilines is 1.